The van der Waals surface area contributed by atoms with E-state index in [2.05, 4.69) is 19.6 Å². The number of ketones is 1. The molecule has 0 radical (unpaired) electrons. The van der Waals surface area contributed by atoms with Crippen LogP contribution >= 0.6 is 0 Å². The summed E-state index contributed by atoms with van der Waals surface area (Å²) in [4.78, 5) is 11.7. The molecule has 0 aromatic heterocycles. The van der Waals surface area contributed by atoms with Crippen molar-refractivity contribution in [1.29, 1.82) is 0 Å². The van der Waals surface area contributed by atoms with E-state index in [1.54, 1.807) is 14.0 Å². The van der Waals surface area contributed by atoms with E-state index >= 15 is 0 Å². The van der Waals surface area contributed by atoms with Crippen LogP contribution in [0.5, 0.6) is 0 Å². The number of carbonyl (C=O) groups is 1. The normalized spacial score (nSPS) is 29.8. The molecule has 98 valence electrons. The molecule has 0 aromatic rings. The molecular formula is C13H24O3Si. The van der Waals surface area contributed by atoms with Gasteiger partial charge in [-0.2, -0.15) is 0 Å². The Kier molecular flexibility index (Phi) is 4.20. The zero-order valence-electron chi connectivity index (χ0n) is 11.8. The molecule has 0 aromatic carbocycles. The van der Waals surface area contributed by atoms with Crippen molar-refractivity contribution >= 4 is 14.1 Å². The molecule has 1 aliphatic rings. The first-order valence-corrected chi connectivity index (χ1v) is 9.53. The maximum absolute atomic E-state index is 11.7. The molecule has 17 heavy (non-hydrogen) atoms. The summed E-state index contributed by atoms with van der Waals surface area (Å²) < 4.78 is 11.4. The van der Waals surface area contributed by atoms with Crippen molar-refractivity contribution in [1.82, 2.24) is 0 Å². The third-order valence-corrected chi connectivity index (χ3v) is 4.23. The van der Waals surface area contributed by atoms with Crippen LogP contribution in [0.25, 0.3) is 0 Å². The van der Waals surface area contributed by atoms with Gasteiger partial charge >= 0.3 is 0 Å². The largest absolute Gasteiger partial charge is 0.547 e. The molecule has 0 N–H and O–H groups in total. The summed E-state index contributed by atoms with van der Waals surface area (Å²) in [6, 6.07) is 0. The molecule has 0 aliphatic heterocycles. The van der Waals surface area contributed by atoms with Crippen molar-refractivity contribution in [3.8, 4) is 0 Å². The second-order valence-electron chi connectivity index (χ2n) is 5.98. The molecule has 2 unspecified atom stereocenters. The third-order valence-electron chi connectivity index (χ3n) is 3.35. The van der Waals surface area contributed by atoms with E-state index in [0.29, 0.717) is 0 Å². The summed E-state index contributed by atoms with van der Waals surface area (Å²) in [6.07, 6.45) is 3.46. The van der Waals surface area contributed by atoms with E-state index in [1.807, 2.05) is 13.0 Å². The zero-order chi connectivity index (χ0) is 13.3. The third kappa shape index (κ3) is 3.42. The molecule has 1 aliphatic carbocycles. The summed E-state index contributed by atoms with van der Waals surface area (Å²) in [5, 5.41) is 0. The zero-order valence-corrected chi connectivity index (χ0v) is 12.8. The van der Waals surface area contributed by atoms with Crippen molar-refractivity contribution in [2.75, 3.05) is 7.11 Å². The van der Waals surface area contributed by atoms with E-state index in [9.17, 15) is 4.79 Å². The molecule has 0 saturated heterocycles. The van der Waals surface area contributed by atoms with Crippen LogP contribution in [0.3, 0.4) is 0 Å². The lowest BCUT2D eigenvalue weighted by molar-refractivity contribution is -0.132. The molecule has 2 atom stereocenters. The molecule has 0 amide bonds. The molecule has 0 spiro atoms. The van der Waals surface area contributed by atoms with E-state index in [1.165, 1.54) is 0 Å². The molecule has 1 rings (SSSR count). The average molecular weight is 256 g/mol. The Bertz CT molecular complexity index is 330. The van der Waals surface area contributed by atoms with Crippen molar-refractivity contribution < 1.29 is 14.0 Å². The molecule has 0 heterocycles. The standard InChI is InChI=1S/C13H24O3Si/c1-10(14)13(2)8-7-11(9-12(13)15-3)16-17(4,5)6/h9,12H,7-8H2,1-6H3. The van der Waals surface area contributed by atoms with Crippen LogP contribution in [0.4, 0.5) is 0 Å². The predicted octanol–water partition coefficient (Wildman–Crippen LogP) is 3.13. The molecule has 3 nitrogen and oxygen atoms in total. The second kappa shape index (κ2) is 4.94. The van der Waals surface area contributed by atoms with Gasteiger partial charge in [0.2, 0.25) is 8.32 Å². The van der Waals surface area contributed by atoms with Crippen molar-refractivity contribution in [3.05, 3.63) is 11.8 Å². The summed E-state index contributed by atoms with van der Waals surface area (Å²) in [6.45, 7) is 10.1. The van der Waals surface area contributed by atoms with Gasteiger partial charge < -0.3 is 9.16 Å². The van der Waals surface area contributed by atoms with Crippen LogP contribution in [0.1, 0.15) is 26.7 Å². The van der Waals surface area contributed by atoms with Crippen LogP contribution in [-0.4, -0.2) is 27.3 Å². The second-order valence-corrected chi connectivity index (χ2v) is 10.4. The fourth-order valence-corrected chi connectivity index (χ4v) is 3.10. The van der Waals surface area contributed by atoms with Gasteiger partial charge in [0.25, 0.3) is 0 Å². The van der Waals surface area contributed by atoms with Gasteiger partial charge in [0.05, 0.1) is 17.3 Å². The van der Waals surface area contributed by atoms with Crippen molar-refractivity contribution in [3.63, 3.8) is 0 Å². The monoisotopic (exact) mass is 256 g/mol. The van der Waals surface area contributed by atoms with Crippen LogP contribution < -0.4 is 0 Å². The Morgan fingerprint density at radius 3 is 2.47 bits per heavy atom. The minimum atomic E-state index is -1.57. The molecule has 0 bridgehead atoms. The van der Waals surface area contributed by atoms with Gasteiger partial charge in [0.15, 0.2) is 0 Å². The Balaban J connectivity index is 2.89. The number of rotatable bonds is 4. The molecule has 0 saturated carbocycles. The highest BCUT2D eigenvalue weighted by Gasteiger charge is 2.41. The highest BCUT2D eigenvalue weighted by atomic mass is 28.4. The van der Waals surface area contributed by atoms with E-state index in [4.69, 9.17) is 9.16 Å². The first kappa shape index (κ1) is 14.4. The highest BCUT2D eigenvalue weighted by molar-refractivity contribution is 6.70. The lowest BCUT2D eigenvalue weighted by atomic mass is 9.73. The number of ether oxygens (including phenoxy) is 1. The number of methoxy groups -OCH3 is 1. The summed E-state index contributed by atoms with van der Waals surface area (Å²) in [5.41, 5.74) is -0.402. The quantitative estimate of drug-likeness (QED) is 0.725. The van der Waals surface area contributed by atoms with E-state index < -0.39 is 13.7 Å². The smallest absolute Gasteiger partial charge is 0.241 e. The van der Waals surface area contributed by atoms with Gasteiger partial charge in [0.1, 0.15) is 5.78 Å². The fourth-order valence-electron chi connectivity index (χ4n) is 2.14. The average Bonchev–Trinajstić information content (AvgIpc) is 2.18. The van der Waals surface area contributed by atoms with Crippen LogP contribution in [0.2, 0.25) is 19.6 Å². The molecular weight excluding hydrogens is 232 g/mol. The molecule has 0 fully saturated rings. The van der Waals surface area contributed by atoms with Crippen molar-refractivity contribution in [2.45, 2.75) is 52.4 Å². The Hall–Kier alpha value is -0.613. The lowest BCUT2D eigenvalue weighted by Gasteiger charge is -2.38. The van der Waals surface area contributed by atoms with Crippen LogP contribution in [0, 0.1) is 5.41 Å². The Morgan fingerprint density at radius 1 is 1.47 bits per heavy atom. The SMILES string of the molecule is COC1C=C(O[Si](C)(C)C)CCC1(C)C(C)=O. The number of carbonyl (C=O) groups excluding carboxylic acids is 1. The summed E-state index contributed by atoms with van der Waals surface area (Å²) in [7, 11) is 0.0833. The minimum absolute atomic E-state index is 0.167. The topological polar surface area (TPSA) is 35.5 Å². The van der Waals surface area contributed by atoms with Crippen LogP contribution in [-0.2, 0) is 14.0 Å². The first-order chi connectivity index (χ1) is 7.69. The fraction of sp³-hybridized carbons (Fsp3) is 0.769. The van der Waals surface area contributed by atoms with Gasteiger partial charge in [-0.25, -0.2) is 0 Å². The molecule has 4 heteroatoms. The highest BCUT2D eigenvalue weighted by Crippen LogP contribution is 2.38. The Labute approximate surface area is 105 Å². The lowest BCUT2D eigenvalue weighted by Crippen LogP contribution is -2.42. The van der Waals surface area contributed by atoms with Gasteiger partial charge in [-0.15, -0.1) is 0 Å². The first-order valence-electron chi connectivity index (χ1n) is 6.12. The van der Waals surface area contributed by atoms with Crippen molar-refractivity contribution in [2.24, 2.45) is 5.41 Å². The minimum Gasteiger partial charge on any atom is -0.547 e. The van der Waals surface area contributed by atoms with Gasteiger partial charge in [-0.3, -0.25) is 4.79 Å². The number of hydrogen-bond donors (Lipinski definition) is 0. The Morgan fingerprint density at radius 2 is 2.06 bits per heavy atom. The number of hydrogen-bond acceptors (Lipinski definition) is 3. The summed E-state index contributed by atoms with van der Waals surface area (Å²) in [5.74, 6) is 1.18. The summed E-state index contributed by atoms with van der Waals surface area (Å²) >= 11 is 0. The maximum atomic E-state index is 11.7. The van der Waals surface area contributed by atoms with E-state index in [-0.39, 0.29) is 11.9 Å². The predicted molar refractivity (Wildman–Crippen MR) is 71.3 cm³/mol. The number of allylic oxidation sites excluding steroid dienone is 1. The van der Waals surface area contributed by atoms with Gasteiger partial charge in [0, 0.05) is 13.5 Å². The maximum Gasteiger partial charge on any atom is 0.241 e. The van der Waals surface area contributed by atoms with E-state index in [0.717, 1.165) is 18.6 Å². The van der Waals surface area contributed by atoms with Gasteiger partial charge in [-0.05, 0) is 46.0 Å². The number of Topliss-reactive ketones (excluding diaryl/α,β-unsaturated/α-hetero) is 1. The van der Waals surface area contributed by atoms with Crippen LogP contribution in [0.15, 0.2) is 11.8 Å². The van der Waals surface area contributed by atoms with Gasteiger partial charge in [-0.1, -0.05) is 0 Å².